The van der Waals surface area contributed by atoms with Gasteiger partial charge in [0.15, 0.2) is 0 Å². The minimum atomic E-state index is -0.189. The lowest BCUT2D eigenvalue weighted by atomic mass is 9.69. The minimum Gasteiger partial charge on any atom is -0.381 e. The Morgan fingerprint density at radius 1 is 1.38 bits per heavy atom. The lowest BCUT2D eigenvalue weighted by molar-refractivity contribution is -0.134. The number of hydrogen-bond donors (Lipinski definition) is 1. The number of carbonyl (C=O) groups is 1. The highest BCUT2D eigenvalue weighted by atomic mass is 16.5. The number of rotatable bonds is 3. The maximum Gasteiger partial charge on any atom is 0.144 e. The van der Waals surface area contributed by atoms with E-state index < -0.39 is 0 Å². The standard InChI is InChI=1S/C13H23NO2/c1-13(2,11-4-3-6-14-8-11)12(15)10-5-7-16-9-10/h10-11,14H,3-9H2,1-2H3. The number of carbonyl (C=O) groups excluding carboxylic acids is 1. The van der Waals surface area contributed by atoms with Crippen LogP contribution >= 0.6 is 0 Å². The summed E-state index contributed by atoms with van der Waals surface area (Å²) in [6.07, 6.45) is 3.30. The Labute approximate surface area is 97.9 Å². The Bertz CT molecular complexity index is 251. The molecule has 0 aliphatic carbocycles. The van der Waals surface area contributed by atoms with E-state index in [-0.39, 0.29) is 11.3 Å². The fourth-order valence-electron chi connectivity index (χ4n) is 2.94. The number of hydrogen-bond acceptors (Lipinski definition) is 3. The van der Waals surface area contributed by atoms with Crippen molar-refractivity contribution in [2.45, 2.75) is 33.1 Å². The molecule has 2 saturated heterocycles. The van der Waals surface area contributed by atoms with E-state index in [1.54, 1.807) is 0 Å². The van der Waals surface area contributed by atoms with Gasteiger partial charge in [-0.3, -0.25) is 4.79 Å². The summed E-state index contributed by atoms with van der Waals surface area (Å²) >= 11 is 0. The second-order valence-corrected chi connectivity index (χ2v) is 5.69. The first-order valence-corrected chi connectivity index (χ1v) is 6.45. The molecule has 2 aliphatic heterocycles. The molecule has 2 rings (SSSR count). The Kier molecular flexibility index (Phi) is 3.65. The van der Waals surface area contributed by atoms with Gasteiger partial charge >= 0.3 is 0 Å². The molecule has 0 saturated carbocycles. The quantitative estimate of drug-likeness (QED) is 0.793. The zero-order valence-electron chi connectivity index (χ0n) is 10.4. The molecule has 16 heavy (non-hydrogen) atoms. The highest BCUT2D eigenvalue weighted by Crippen LogP contribution is 2.36. The third kappa shape index (κ3) is 2.30. The van der Waals surface area contributed by atoms with Crippen LogP contribution in [0.1, 0.15) is 33.1 Å². The van der Waals surface area contributed by atoms with Gasteiger partial charge in [0.05, 0.1) is 6.61 Å². The number of Topliss-reactive ketones (excluding diaryl/α,β-unsaturated/α-hetero) is 1. The summed E-state index contributed by atoms with van der Waals surface area (Å²) < 4.78 is 5.32. The van der Waals surface area contributed by atoms with Crippen LogP contribution in [0.3, 0.4) is 0 Å². The van der Waals surface area contributed by atoms with Gasteiger partial charge in [-0.15, -0.1) is 0 Å². The summed E-state index contributed by atoms with van der Waals surface area (Å²) in [5.41, 5.74) is -0.189. The number of nitrogens with one attached hydrogen (secondary N) is 1. The molecule has 2 aliphatic rings. The van der Waals surface area contributed by atoms with Gasteiger partial charge in [-0.25, -0.2) is 0 Å². The Balaban J connectivity index is 2.01. The Morgan fingerprint density at radius 2 is 2.19 bits per heavy atom. The topological polar surface area (TPSA) is 38.3 Å². The molecule has 2 heterocycles. The van der Waals surface area contributed by atoms with Gasteiger partial charge in [-0.05, 0) is 38.3 Å². The first-order chi connectivity index (χ1) is 7.62. The summed E-state index contributed by atoms with van der Waals surface area (Å²) in [6.45, 7) is 7.73. The van der Waals surface area contributed by atoms with Gasteiger partial charge < -0.3 is 10.1 Å². The van der Waals surface area contributed by atoms with Crippen LogP contribution in [-0.2, 0) is 9.53 Å². The van der Waals surface area contributed by atoms with Gasteiger partial charge in [0, 0.05) is 17.9 Å². The monoisotopic (exact) mass is 225 g/mol. The fourth-order valence-corrected chi connectivity index (χ4v) is 2.94. The van der Waals surface area contributed by atoms with Crippen LogP contribution in [0.4, 0.5) is 0 Å². The van der Waals surface area contributed by atoms with Gasteiger partial charge in [0.2, 0.25) is 0 Å². The Hall–Kier alpha value is -0.410. The fraction of sp³-hybridized carbons (Fsp3) is 0.923. The predicted molar refractivity (Wildman–Crippen MR) is 63.3 cm³/mol. The maximum atomic E-state index is 12.5. The molecule has 0 spiro atoms. The van der Waals surface area contributed by atoms with Crippen LogP contribution in [-0.4, -0.2) is 32.1 Å². The van der Waals surface area contributed by atoms with E-state index in [9.17, 15) is 4.79 Å². The lowest BCUT2D eigenvalue weighted by Crippen LogP contribution is -2.44. The van der Waals surface area contributed by atoms with E-state index in [1.807, 2.05) is 0 Å². The molecule has 2 atom stereocenters. The molecule has 0 aromatic heterocycles. The third-order valence-electron chi connectivity index (χ3n) is 4.25. The van der Waals surface area contributed by atoms with E-state index in [0.717, 1.165) is 26.1 Å². The first kappa shape index (κ1) is 12.1. The smallest absolute Gasteiger partial charge is 0.144 e. The SMILES string of the molecule is CC(C)(C(=O)C1CCOC1)C1CCCNC1. The zero-order chi connectivity index (χ0) is 11.6. The molecule has 0 amide bonds. The van der Waals surface area contributed by atoms with E-state index >= 15 is 0 Å². The molecule has 0 aromatic carbocycles. The van der Waals surface area contributed by atoms with Crippen LogP contribution in [0, 0.1) is 17.3 Å². The van der Waals surface area contributed by atoms with Crippen molar-refractivity contribution in [3.63, 3.8) is 0 Å². The highest BCUT2D eigenvalue weighted by molar-refractivity contribution is 5.87. The molecule has 3 nitrogen and oxygen atoms in total. The van der Waals surface area contributed by atoms with E-state index in [4.69, 9.17) is 4.74 Å². The molecule has 1 N–H and O–H groups in total. The summed E-state index contributed by atoms with van der Waals surface area (Å²) in [5.74, 6) is 1.06. The molecular formula is C13H23NO2. The average Bonchev–Trinajstić information content (AvgIpc) is 2.82. The van der Waals surface area contributed by atoms with Crippen molar-refractivity contribution in [3.05, 3.63) is 0 Å². The predicted octanol–water partition coefficient (Wildman–Crippen LogP) is 1.62. The van der Waals surface area contributed by atoms with Crippen molar-refractivity contribution in [1.29, 1.82) is 0 Å². The minimum absolute atomic E-state index is 0.150. The summed E-state index contributed by atoms with van der Waals surface area (Å²) in [4.78, 5) is 12.5. The van der Waals surface area contributed by atoms with Crippen LogP contribution < -0.4 is 5.32 Å². The van der Waals surface area contributed by atoms with Crippen molar-refractivity contribution >= 4 is 5.78 Å². The first-order valence-electron chi connectivity index (χ1n) is 6.45. The van der Waals surface area contributed by atoms with Gasteiger partial charge in [-0.1, -0.05) is 13.8 Å². The average molecular weight is 225 g/mol. The van der Waals surface area contributed by atoms with Crippen LogP contribution in [0.2, 0.25) is 0 Å². The summed E-state index contributed by atoms with van der Waals surface area (Å²) in [7, 11) is 0. The molecule has 3 heteroatoms. The van der Waals surface area contributed by atoms with Gasteiger partial charge in [0.25, 0.3) is 0 Å². The van der Waals surface area contributed by atoms with Crippen LogP contribution in [0.5, 0.6) is 0 Å². The molecule has 2 fully saturated rings. The summed E-state index contributed by atoms with van der Waals surface area (Å²) in [5, 5.41) is 3.40. The lowest BCUT2D eigenvalue weighted by Gasteiger charge is -2.37. The van der Waals surface area contributed by atoms with Gasteiger partial charge in [0.1, 0.15) is 5.78 Å². The van der Waals surface area contributed by atoms with E-state index in [2.05, 4.69) is 19.2 Å². The largest absolute Gasteiger partial charge is 0.381 e. The summed E-state index contributed by atoms with van der Waals surface area (Å²) in [6, 6.07) is 0. The van der Waals surface area contributed by atoms with Crippen LogP contribution in [0.25, 0.3) is 0 Å². The number of ether oxygens (including phenoxy) is 1. The Morgan fingerprint density at radius 3 is 2.75 bits per heavy atom. The molecule has 0 bridgehead atoms. The van der Waals surface area contributed by atoms with Crippen molar-refractivity contribution in [1.82, 2.24) is 5.32 Å². The maximum absolute atomic E-state index is 12.5. The molecule has 0 radical (unpaired) electrons. The van der Waals surface area contributed by atoms with Crippen molar-refractivity contribution in [2.75, 3.05) is 26.3 Å². The third-order valence-corrected chi connectivity index (χ3v) is 4.25. The zero-order valence-corrected chi connectivity index (χ0v) is 10.4. The second kappa shape index (κ2) is 4.84. The van der Waals surface area contributed by atoms with E-state index in [0.29, 0.717) is 18.3 Å². The van der Waals surface area contributed by atoms with E-state index in [1.165, 1.54) is 12.8 Å². The van der Waals surface area contributed by atoms with Crippen molar-refractivity contribution in [2.24, 2.45) is 17.3 Å². The normalized spacial score (nSPS) is 31.6. The molecule has 0 aromatic rings. The van der Waals surface area contributed by atoms with Crippen molar-refractivity contribution in [3.8, 4) is 0 Å². The molecule has 92 valence electrons. The number of ketones is 1. The number of piperidine rings is 1. The van der Waals surface area contributed by atoms with Crippen molar-refractivity contribution < 1.29 is 9.53 Å². The second-order valence-electron chi connectivity index (χ2n) is 5.69. The van der Waals surface area contributed by atoms with Crippen LogP contribution in [0.15, 0.2) is 0 Å². The van der Waals surface area contributed by atoms with Gasteiger partial charge in [-0.2, -0.15) is 0 Å². The molecular weight excluding hydrogens is 202 g/mol. The molecule has 2 unspecified atom stereocenters. The highest BCUT2D eigenvalue weighted by Gasteiger charge is 2.41.